The Hall–Kier alpha value is -1.17. The second-order valence-electron chi connectivity index (χ2n) is 5.65. The first-order chi connectivity index (χ1) is 10.2. The van der Waals surface area contributed by atoms with Gasteiger partial charge in [0.2, 0.25) is 0 Å². The first kappa shape index (κ1) is 16.2. The Kier molecular flexibility index (Phi) is 5.96. The fraction of sp³-hybridized carbons (Fsp3) is 0.625. The zero-order chi connectivity index (χ0) is 15.2. The number of aliphatic hydroxyl groups is 2. The van der Waals surface area contributed by atoms with Crippen molar-refractivity contribution in [3.8, 4) is 5.75 Å². The number of methoxy groups -OCH3 is 1. The Morgan fingerprint density at radius 1 is 1.48 bits per heavy atom. The maximum atomic E-state index is 13.9. The predicted molar refractivity (Wildman–Crippen MR) is 78.8 cm³/mol. The van der Waals surface area contributed by atoms with Crippen molar-refractivity contribution in [2.24, 2.45) is 5.92 Å². The highest BCUT2D eigenvalue weighted by atomic mass is 19.1. The molecule has 0 spiro atoms. The van der Waals surface area contributed by atoms with Crippen LogP contribution in [-0.4, -0.2) is 48.5 Å². The van der Waals surface area contributed by atoms with E-state index in [1.165, 1.54) is 13.2 Å². The highest BCUT2D eigenvalue weighted by Gasteiger charge is 2.22. The molecule has 1 aromatic rings. The molecule has 1 aliphatic heterocycles. The Labute approximate surface area is 125 Å². The molecule has 2 N–H and O–H groups in total. The summed E-state index contributed by atoms with van der Waals surface area (Å²) in [6.45, 7) is 2.71. The van der Waals surface area contributed by atoms with Crippen molar-refractivity contribution in [3.05, 3.63) is 29.6 Å². The summed E-state index contributed by atoms with van der Waals surface area (Å²) in [6, 6.07) is 4.56. The highest BCUT2D eigenvalue weighted by Crippen LogP contribution is 2.30. The molecular weight excluding hydrogens is 273 g/mol. The van der Waals surface area contributed by atoms with E-state index in [9.17, 15) is 14.6 Å². The van der Waals surface area contributed by atoms with E-state index in [2.05, 4.69) is 4.90 Å². The normalized spacial score (nSPS) is 21.2. The molecular formula is C16H24FNO3. The Morgan fingerprint density at radius 3 is 3.00 bits per heavy atom. The van der Waals surface area contributed by atoms with Gasteiger partial charge in [0.15, 0.2) is 0 Å². The third-order valence-electron chi connectivity index (χ3n) is 4.15. The van der Waals surface area contributed by atoms with Gasteiger partial charge in [-0.25, -0.2) is 4.39 Å². The Balaban J connectivity index is 1.94. The average molecular weight is 297 g/mol. The van der Waals surface area contributed by atoms with E-state index < -0.39 is 11.9 Å². The van der Waals surface area contributed by atoms with Crippen LogP contribution in [0.25, 0.3) is 0 Å². The predicted octanol–water partition coefficient (Wildman–Crippen LogP) is 1.96. The van der Waals surface area contributed by atoms with Crippen LogP contribution in [0.5, 0.6) is 5.75 Å². The van der Waals surface area contributed by atoms with Crippen LogP contribution in [0, 0.1) is 11.7 Å². The lowest BCUT2D eigenvalue weighted by atomic mass is 9.98. The SMILES string of the molecule is COc1cccc(F)c1C(O)CCN1CCCC(CO)C1. The van der Waals surface area contributed by atoms with E-state index in [0.29, 0.717) is 24.6 Å². The molecule has 0 amide bonds. The molecule has 4 nitrogen and oxygen atoms in total. The molecule has 2 rings (SSSR count). The van der Waals surface area contributed by atoms with Gasteiger partial charge >= 0.3 is 0 Å². The van der Waals surface area contributed by atoms with E-state index in [1.54, 1.807) is 12.1 Å². The molecule has 0 aliphatic carbocycles. The number of nitrogens with zero attached hydrogens (tertiary/aromatic N) is 1. The van der Waals surface area contributed by atoms with Crippen LogP contribution >= 0.6 is 0 Å². The van der Waals surface area contributed by atoms with Crippen LogP contribution in [0.1, 0.15) is 30.9 Å². The molecule has 118 valence electrons. The van der Waals surface area contributed by atoms with Crippen LogP contribution in [0.15, 0.2) is 18.2 Å². The van der Waals surface area contributed by atoms with Crippen molar-refractivity contribution < 1.29 is 19.3 Å². The molecule has 5 heteroatoms. The molecule has 1 aliphatic rings. The smallest absolute Gasteiger partial charge is 0.132 e. The summed E-state index contributed by atoms with van der Waals surface area (Å²) in [7, 11) is 1.47. The monoisotopic (exact) mass is 297 g/mol. The first-order valence-corrected chi connectivity index (χ1v) is 7.49. The summed E-state index contributed by atoms with van der Waals surface area (Å²) in [5.41, 5.74) is 0.232. The van der Waals surface area contributed by atoms with Gasteiger partial charge < -0.3 is 19.8 Å². The molecule has 1 saturated heterocycles. The molecule has 21 heavy (non-hydrogen) atoms. The lowest BCUT2D eigenvalue weighted by molar-refractivity contribution is 0.0941. The van der Waals surface area contributed by atoms with Crippen LogP contribution in [0.4, 0.5) is 4.39 Å². The largest absolute Gasteiger partial charge is 0.496 e. The zero-order valence-corrected chi connectivity index (χ0v) is 12.5. The molecule has 1 aromatic carbocycles. The first-order valence-electron chi connectivity index (χ1n) is 7.49. The van der Waals surface area contributed by atoms with Crippen molar-refractivity contribution in [1.29, 1.82) is 0 Å². The van der Waals surface area contributed by atoms with Gasteiger partial charge in [-0.15, -0.1) is 0 Å². The standard InChI is InChI=1S/C16H24FNO3/c1-21-15-6-2-5-13(17)16(15)14(20)7-9-18-8-3-4-12(10-18)11-19/h2,5-6,12,14,19-20H,3-4,7-11H2,1H3. The molecule has 0 aromatic heterocycles. The summed E-state index contributed by atoms with van der Waals surface area (Å²) in [6.07, 6.45) is 1.69. The quantitative estimate of drug-likeness (QED) is 0.843. The molecule has 0 saturated carbocycles. The van der Waals surface area contributed by atoms with Crippen LogP contribution in [0.2, 0.25) is 0 Å². The van der Waals surface area contributed by atoms with Crippen molar-refractivity contribution in [3.63, 3.8) is 0 Å². The zero-order valence-electron chi connectivity index (χ0n) is 12.5. The van der Waals surface area contributed by atoms with Gasteiger partial charge in [-0.05, 0) is 43.9 Å². The van der Waals surface area contributed by atoms with E-state index >= 15 is 0 Å². The minimum absolute atomic E-state index is 0.209. The van der Waals surface area contributed by atoms with Crippen LogP contribution in [-0.2, 0) is 0 Å². The van der Waals surface area contributed by atoms with Gasteiger partial charge in [-0.3, -0.25) is 0 Å². The van der Waals surface area contributed by atoms with Crippen LogP contribution in [0.3, 0.4) is 0 Å². The fourth-order valence-electron chi connectivity index (χ4n) is 2.97. The van der Waals surface area contributed by atoms with Crippen molar-refractivity contribution >= 4 is 0 Å². The maximum absolute atomic E-state index is 13.9. The highest BCUT2D eigenvalue weighted by molar-refractivity contribution is 5.36. The van der Waals surface area contributed by atoms with Crippen molar-refractivity contribution in [2.45, 2.75) is 25.4 Å². The van der Waals surface area contributed by atoms with Gasteiger partial charge in [0.25, 0.3) is 0 Å². The van der Waals surface area contributed by atoms with Crippen molar-refractivity contribution in [1.82, 2.24) is 4.90 Å². The number of halogens is 1. The van der Waals surface area contributed by atoms with Gasteiger partial charge in [-0.1, -0.05) is 6.07 Å². The Morgan fingerprint density at radius 2 is 2.29 bits per heavy atom. The van der Waals surface area contributed by atoms with E-state index in [0.717, 1.165) is 25.9 Å². The van der Waals surface area contributed by atoms with E-state index in [-0.39, 0.29) is 12.2 Å². The average Bonchev–Trinajstić information content (AvgIpc) is 2.52. The number of ether oxygens (including phenoxy) is 1. The lowest BCUT2D eigenvalue weighted by Crippen LogP contribution is -2.37. The number of rotatable bonds is 6. The number of aliphatic hydroxyl groups excluding tert-OH is 2. The third-order valence-corrected chi connectivity index (χ3v) is 4.15. The van der Waals surface area contributed by atoms with Gasteiger partial charge in [0.1, 0.15) is 11.6 Å². The summed E-state index contributed by atoms with van der Waals surface area (Å²) in [5, 5.41) is 19.5. The van der Waals surface area contributed by atoms with Gasteiger partial charge in [0.05, 0.1) is 18.8 Å². The third kappa shape index (κ3) is 4.15. The van der Waals surface area contributed by atoms with Crippen molar-refractivity contribution in [2.75, 3.05) is 33.4 Å². The summed E-state index contributed by atoms with van der Waals surface area (Å²) >= 11 is 0. The molecule has 0 bridgehead atoms. The minimum Gasteiger partial charge on any atom is -0.496 e. The summed E-state index contributed by atoms with van der Waals surface area (Å²) < 4.78 is 19.0. The summed E-state index contributed by atoms with van der Waals surface area (Å²) in [5.74, 6) is 0.266. The topological polar surface area (TPSA) is 52.9 Å². The molecule has 1 fully saturated rings. The number of hydrogen-bond donors (Lipinski definition) is 2. The number of piperidine rings is 1. The molecule has 2 atom stereocenters. The Bertz CT molecular complexity index is 455. The maximum Gasteiger partial charge on any atom is 0.132 e. The number of likely N-dealkylation sites (tertiary alicyclic amines) is 1. The minimum atomic E-state index is -0.879. The number of hydrogen-bond acceptors (Lipinski definition) is 4. The van der Waals surface area contributed by atoms with E-state index in [4.69, 9.17) is 4.74 Å². The van der Waals surface area contributed by atoms with Crippen LogP contribution < -0.4 is 4.74 Å². The molecule has 0 radical (unpaired) electrons. The van der Waals surface area contributed by atoms with Gasteiger partial charge in [-0.2, -0.15) is 0 Å². The molecule has 1 heterocycles. The number of benzene rings is 1. The lowest BCUT2D eigenvalue weighted by Gasteiger charge is -2.32. The van der Waals surface area contributed by atoms with Gasteiger partial charge in [0, 0.05) is 19.7 Å². The second kappa shape index (κ2) is 7.73. The second-order valence-corrected chi connectivity index (χ2v) is 5.65. The summed E-state index contributed by atoms with van der Waals surface area (Å²) in [4.78, 5) is 2.22. The molecule has 2 unspecified atom stereocenters. The van der Waals surface area contributed by atoms with E-state index in [1.807, 2.05) is 0 Å². The fourth-order valence-corrected chi connectivity index (χ4v) is 2.97.